The van der Waals surface area contributed by atoms with Gasteiger partial charge in [-0.05, 0) is 6.92 Å². The van der Waals surface area contributed by atoms with Gasteiger partial charge in [0, 0.05) is 19.2 Å². The highest BCUT2D eigenvalue weighted by Crippen LogP contribution is 2.11. The highest BCUT2D eigenvalue weighted by Gasteiger charge is 2.01. The summed E-state index contributed by atoms with van der Waals surface area (Å²) in [4.78, 5) is 18.5. The fourth-order valence-corrected chi connectivity index (χ4v) is 1.25. The van der Waals surface area contributed by atoms with Gasteiger partial charge < -0.3 is 26.8 Å². The van der Waals surface area contributed by atoms with Crippen molar-refractivity contribution in [2.75, 3.05) is 42.7 Å². The molecule has 8 heteroatoms. The predicted molar refractivity (Wildman–Crippen MR) is 69.1 cm³/mol. The molecule has 1 heterocycles. The first-order chi connectivity index (χ1) is 8.61. The van der Waals surface area contributed by atoms with E-state index in [2.05, 4.69) is 20.6 Å². The number of hydrogen-bond acceptors (Lipinski definition) is 7. The van der Waals surface area contributed by atoms with Gasteiger partial charge in [0.25, 0.3) is 0 Å². The fraction of sp³-hybridized carbons (Fsp3) is 0.500. The molecule has 8 nitrogen and oxygen atoms in total. The first kappa shape index (κ1) is 14.0. The van der Waals surface area contributed by atoms with Crippen molar-refractivity contribution in [1.29, 1.82) is 0 Å². The van der Waals surface area contributed by atoms with Crippen molar-refractivity contribution in [3.8, 4) is 0 Å². The second-order valence-corrected chi connectivity index (χ2v) is 3.47. The third kappa shape index (κ3) is 5.30. The van der Waals surface area contributed by atoms with Crippen LogP contribution < -0.4 is 22.1 Å². The van der Waals surface area contributed by atoms with Gasteiger partial charge in [-0.3, -0.25) is 4.79 Å². The summed E-state index contributed by atoms with van der Waals surface area (Å²) >= 11 is 0. The maximum absolute atomic E-state index is 10.4. The number of hydrogen-bond donors (Lipinski definition) is 4. The Bertz CT molecular complexity index is 398. The number of nitrogen functional groups attached to an aromatic ring is 1. The number of carbonyl (C=O) groups is 1. The van der Waals surface area contributed by atoms with Crippen LogP contribution in [0.4, 0.5) is 17.6 Å². The molecule has 0 atom stereocenters. The Morgan fingerprint density at radius 2 is 2.06 bits per heavy atom. The van der Waals surface area contributed by atoms with Gasteiger partial charge in [0.15, 0.2) is 0 Å². The molecule has 1 amide bonds. The maximum atomic E-state index is 10.4. The largest absolute Gasteiger partial charge is 0.370 e. The van der Waals surface area contributed by atoms with Crippen LogP contribution >= 0.6 is 0 Å². The lowest BCUT2D eigenvalue weighted by Gasteiger charge is -2.08. The van der Waals surface area contributed by atoms with Crippen LogP contribution in [0.2, 0.25) is 0 Å². The van der Waals surface area contributed by atoms with Crippen LogP contribution in [-0.4, -0.2) is 42.2 Å². The zero-order chi connectivity index (χ0) is 13.4. The molecule has 0 saturated carbocycles. The van der Waals surface area contributed by atoms with E-state index in [-0.39, 0.29) is 12.6 Å². The minimum Gasteiger partial charge on any atom is -0.370 e. The number of anilines is 3. The molecule has 100 valence electrons. The third-order valence-electron chi connectivity index (χ3n) is 1.90. The number of ether oxygens (including phenoxy) is 1. The molecule has 0 saturated heterocycles. The number of rotatable bonds is 8. The quantitative estimate of drug-likeness (QED) is 0.456. The Hall–Kier alpha value is -2.09. The van der Waals surface area contributed by atoms with Crippen molar-refractivity contribution < 1.29 is 9.53 Å². The van der Waals surface area contributed by atoms with Crippen molar-refractivity contribution in [2.45, 2.75) is 6.92 Å². The molecule has 0 fully saturated rings. The van der Waals surface area contributed by atoms with Crippen LogP contribution in [0.3, 0.4) is 0 Å². The number of primary amides is 1. The van der Waals surface area contributed by atoms with E-state index in [1.165, 1.54) is 0 Å². The van der Waals surface area contributed by atoms with E-state index in [1.54, 1.807) is 6.07 Å². The molecule has 18 heavy (non-hydrogen) atoms. The lowest BCUT2D eigenvalue weighted by molar-refractivity contribution is -0.122. The normalized spacial score (nSPS) is 10.1. The van der Waals surface area contributed by atoms with Crippen molar-refractivity contribution in [3.05, 3.63) is 6.07 Å². The monoisotopic (exact) mass is 254 g/mol. The lowest BCUT2D eigenvalue weighted by atomic mass is 10.5. The molecule has 0 aromatic carbocycles. The molecule has 0 aliphatic rings. The van der Waals surface area contributed by atoms with Gasteiger partial charge in [0.1, 0.15) is 18.2 Å². The van der Waals surface area contributed by atoms with Gasteiger partial charge in [-0.1, -0.05) is 0 Å². The molecular formula is C10H18N6O2. The number of nitrogens with zero attached hydrogens (tertiary/aromatic N) is 2. The number of amides is 1. The van der Waals surface area contributed by atoms with Gasteiger partial charge in [-0.2, -0.15) is 9.97 Å². The van der Waals surface area contributed by atoms with Crippen LogP contribution in [0.5, 0.6) is 0 Å². The standard InChI is InChI=1S/C10H18N6O2/c1-2-13-8-5-9(16-10(12)15-8)14-3-4-18-6-7(11)17/h5H,2-4,6H2,1H3,(H2,11,17)(H4,12,13,14,15,16). The molecule has 0 aliphatic heterocycles. The minimum absolute atomic E-state index is 0.0871. The summed E-state index contributed by atoms with van der Waals surface area (Å²) in [5, 5.41) is 6.05. The van der Waals surface area contributed by atoms with Crippen LogP contribution in [0, 0.1) is 0 Å². The first-order valence-electron chi connectivity index (χ1n) is 5.60. The highest BCUT2D eigenvalue weighted by molar-refractivity contribution is 5.74. The average Bonchev–Trinajstić information content (AvgIpc) is 2.28. The zero-order valence-corrected chi connectivity index (χ0v) is 10.3. The van der Waals surface area contributed by atoms with Crippen molar-refractivity contribution in [2.24, 2.45) is 5.73 Å². The maximum Gasteiger partial charge on any atom is 0.243 e. The second kappa shape index (κ2) is 7.28. The van der Waals surface area contributed by atoms with Crippen LogP contribution in [0.15, 0.2) is 6.07 Å². The predicted octanol–water partition coefficient (Wildman–Crippen LogP) is -0.596. The third-order valence-corrected chi connectivity index (χ3v) is 1.90. The Balaban J connectivity index is 2.39. The van der Waals surface area contributed by atoms with Gasteiger partial charge in [-0.15, -0.1) is 0 Å². The van der Waals surface area contributed by atoms with E-state index in [4.69, 9.17) is 16.2 Å². The second-order valence-electron chi connectivity index (χ2n) is 3.47. The Kier molecular flexibility index (Phi) is 5.65. The van der Waals surface area contributed by atoms with Gasteiger partial charge in [-0.25, -0.2) is 0 Å². The number of aromatic nitrogens is 2. The summed E-state index contributed by atoms with van der Waals surface area (Å²) in [5.41, 5.74) is 10.5. The van der Waals surface area contributed by atoms with Gasteiger partial charge >= 0.3 is 0 Å². The summed E-state index contributed by atoms with van der Waals surface area (Å²) in [7, 11) is 0. The fourth-order valence-electron chi connectivity index (χ4n) is 1.25. The zero-order valence-electron chi connectivity index (χ0n) is 10.3. The molecule has 0 spiro atoms. The number of nitrogens with two attached hydrogens (primary N) is 2. The minimum atomic E-state index is -0.490. The molecule has 0 unspecified atom stereocenters. The topological polar surface area (TPSA) is 128 Å². The van der Waals surface area contributed by atoms with Crippen molar-refractivity contribution >= 4 is 23.5 Å². The van der Waals surface area contributed by atoms with Gasteiger partial charge in [0.05, 0.1) is 6.61 Å². The first-order valence-corrected chi connectivity index (χ1v) is 5.60. The highest BCUT2D eigenvalue weighted by atomic mass is 16.5. The molecule has 0 bridgehead atoms. The smallest absolute Gasteiger partial charge is 0.243 e. The lowest BCUT2D eigenvalue weighted by Crippen LogP contribution is -2.20. The average molecular weight is 254 g/mol. The molecule has 1 aromatic heterocycles. The van der Waals surface area contributed by atoms with Crippen LogP contribution in [0.25, 0.3) is 0 Å². The van der Waals surface area contributed by atoms with E-state index in [1.807, 2.05) is 6.92 Å². The van der Waals surface area contributed by atoms with Crippen molar-refractivity contribution in [3.63, 3.8) is 0 Å². The van der Waals surface area contributed by atoms with E-state index in [9.17, 15) is 4.79 Å². The molecule has 0 aliphatic carbocycles. The Morgan fingerprint density at radius 1 is 1.39 bits per heavy atom. The van der Waals surface area contributed by atoms with Gasteiger partial charge in [0.2, 0.25) is 11.9 Å². The Morgan fingerprint density at radius 3 is 2.67 bits per heavy atom. The molecule has 1 aromatic rings. The number of carbonyl (C=O) groups excluding carboxylic acids is 1. The van der Waals surface area contributed by atoms with E-state index < -0.39 is 5.91 Å². The van der Waals surface area contributed by atoms with E-state index >= 15 is 0 Å². The Labute approximate surface area is 105 Å². The summed E-state index contributed by atoms with van der Waals surface area (Å²) in [6.07, 6.45) is 0. The van der Waals surface area contributed by atoms with Crippen LogP contribution in [-0.2, 0) is 9.53 Å². The number of nitrogens with one attached hydrogen (secondary N) is 2. The SMILES string of the molecule is CCNc1cc(NCCOCC(N)=O)nc(N)n1. The molecule has 6 N–H and O–H groups in total. The summed E-state index contributed by atoms with van der Waals surface area (Å²) in [6.45, 7) is 3.47. The van der Waals surface area contributed by atoms with Crippen molar-refractivity contribution in [1.82, 2.24) is 9.97 Å². The molecule has 1 rings (SSSR count). The van der Waals surface area contributed by atoms with Crippen LogP contribution in [0.1, 0.15) is 6.92 Å². The summed E-state index contributed by atoms with van der Waals surface area (Å²) in [5.74, 6) is 0.955. The summed E-state index contributed by atoms with van der Waals surface area (Å²) < 4.78 is 5.00. The summed E-state index contributed by atoms with van der Waals surface area (Å²) in [6, 6.07) is 1.74. The molecular weight excluding hydrogens is 236 g/mol. The van der Waals surface area contributed by atoms with E-state index in [0.717, 1.165) is 6.54 Å². The van der Waals surface area contributed by atoms with E-state index in [0.29, 0.717) is 24.8 Å². The molecule has 0 radical (unpaired) electrons.